The lowest BCUT2D eigenvalue weighted by atomic mass is 9.98. The Balaban J connectivity index is 1.38. The highest BCUT2D eigenvalue weighted by Gasteiger charge is 2.53. The van der Waals surface area contributed by atoms with Crippen LogP contribution in [0.2, 0.25) is 0 Å². The van der Waals surface area contributed by atoms with Gasteiger partial charge in [-0.05, 0) is 43.9 Å². The van der Waals surface area contributed by atoms with E-state index in [1.54, 1.807) is 23.2 Å². The number of carbonyl (C=O) groups is 1. The van der Waals surface area contributed by atoms with Gasteiger partial charge in [-0.15, -0.1) is 4.80 Å². The molecule has 5 rings (SSSR count). The van der Waals surface area contributed by atoms with Crippen LogP contribution in [0.4, 0.5) is 13.2 Å². The molecule has 166 valence electrons. The predicted molar refractivity (Wildman–Crippen MR) is 105 cm³/mol. The first kappa shape index (κ1) is 20.4. The summed E-state index contributed by atoms with van der Waals surface area (Å²) in [6.45, 7) is 1.99. The monoisotopic (exact) mass is 444 g/mol. The molecule has 0 aromatic carbocycles. The van der Waals surface area contributed by atoms with Gasteiger partial charge >= 0.3 is 6.18 Å². The standard InChI is InChI=1S/C21H19F3N6O2/c1-12-13-9-16(17(10-13)32-18-5-4-14(11-26-18)21(22,23)24)29(12)20(31)19-15(3-2-6-25-19)30-27-7-8-28-30/h2-8,11-13,16-17H,9-10H2,1H3/t12?,13?,16-,17+/m0/s1. The molecule has 0 radical (unpaired) electrons. The molecule has 2 fully saturated rings. The van der Waals surface area contributed by atoms with Gasteiger partial charge in [0.1, 0.15) is 11.8 Å². The first-order valence-corrected chi connectivity index (χ1v) is 10.2. The van der Waals surface area contributed by atoms with Gasteiger partial charge in [-0.2, -0.15) is 23.4 Å². The lowest BCUT2D eigenvalue weighted by molar-refractivity contribution is -0.137. The van der Waals surface area contributed by atoms with Crippen LogP contribution in [0.1, 0.15) is 35.8 Å². The fourth-order valence-corrected chi connectivity index (χ4v) is 4.65. The highest BCUT2D eigenvalue weighted by atomic mass is 19.4. The molecule has 1 saturated carbocycles. The molecule has 0 N–H and O–H groups in total. The minimum absolute atomic E-state index is 0.0200. The number of rotatable bonds is 4. The van der Waals surface area contributed by atoms with Crippen LogP contribution in [-0.2, 0) is 6.18 Å². The number of hydrogen-bond donors (Lipinski definition) is 0. The second-order valence-electron chi connectivity index (χ2n) is 7.98. The summed E-state index contributed by atoms with van der Waals surface area (Å²) < 4.78 is 44.3. The maximum atomic E-state index is 13.5. The van der Waals surface area contributed by atoms with E-state index < -0.39 is 11.7 Å². The SMILES string of the molecule is CC1C2C[C@@H](Oc3ccc(C(F)(F)F)cn3)[C@H](C2)N1C(=O)c1ncccc1-n1nccn1. The van der Waals surface area contributed by atoms with E-state index >= 15 is 0 Å². The van der Waals surface area contributed by atoms with Gasteiger partial charge in [0.25, 0.3) is 5.91 Å². The summed E-state index contributed by atoms with van der Waals surface area (Å²) in [5.74, 6) is 0.0693. The smallest absolute Gasteiger partial charge is 0.417 e. The van der Waals surface area contributed by atoms with Crippen LogP contribution in [0, 0.1) is 5.92 Å². The molecule has 11 heteroatoms. The Hall–Kier alpha value is -3.50. The van der Waals surface area contributed by atoms with Crippen LogP contribution >= 0.6 is 0 Å². The topological polar surface area (TPSA) is 86.0 Å². The number of halogens is 3. The maximum Gasteiger partial charge on any atom is 0.417 e. The van der Waals surface area contributed by atoms with Gasteiger partial charge in [-0.3, -0.25) is 4.79 Å². The maximum absolute atomic E-state index is 13.5. The number of carbonyl (C=O) groups excluding carboxylic acids is 1. The van der Waals surface area contributed by atoms with Crippen molar-refractivity contribution in [2.45, 2.75) is 44.1 Å². The Morgan fingerprint density at radius 2 is 1.88 bits per heavy atom. The number of hydrogen-bond acceptors (Lipinski definition) is 6. The van der Waals surface area contributed by atoms with Crippen molar-refractivity contribution in [1.82, 2.24) is 29.9 Å². The Morgan fingerprint density at radius 3 is 2.53 bits per heavy atom. The minimum atomic E-state index is -4.46. The Morgan fingerprint density at radius 1 is 1.09 bits per heavy atom. The van der Waals surface area contributed by atoms with E-state index in [-0.39, 0.29) is 41.6 Å². The average Bonchev–Trinajstić information content (AvgIpc) is 3.50. The summed E-state index contributed by atoms with van der Waals surface area (Å²) in [4.78, 5) is 24.7. The van der Waals surface area contributed by atoms with Crippen LogP contribution in [0.3, 0.4) is 0 Å². The fraction of sp³-hybridized carbons (Fsp3) is 0.381. The van der Waals surface area contributed by atoms with Crippen LogP contribution < -0.4 is 4.74 Å². The zero-order chi connectivity index (χ0) is 22.5. The van der Waals surface area contributed by atoms with Gasteiger partial charge in [-0.1, -0.05) is 0 Å². The van der Waals surface area contributed by atoms with E-state index in [1.165, 1.54) is 23.3 Å². The third-order valence-electron chi connectivity index (χ3n) is 6.18. The number of pyridine rings is 2. The molecular formula is C21H19F3N6O2. The summed E-state index contributed by atoms with van der Waals surface area (Å²) in [5.41, 5.74) is -0.132. The predicted octanol–water partition coefficient (Wildman–Crippen LogP) is 3.15. The van der Waals surface area contributed by atoms with Crippen LogP contribution in [0.5, 0.6) is 5.88 Å². The number of ether oxygens (including phenoxy) is 1. The molecule has 1 aliphatic heterocycles. The Bertz CT molecular complexity index is 1120. The van der Waals surface area contributed by atoms with E-state index in [0.717, 1.165) is 18.7 Å². The van der Waals surface area contributed by atoms with Crippen molar-refractivity contribution in [2.75, 3.05) is 0 Å². The molecule has 2 unspecified atom stereocenters. The van der Waals surface area contributed by atoms with Crippen molar-refractivity contribution in [3.05, 3.63) is 60.3 Å². The number of aromatic nitrogens is 5. The van der Waals surface area contributed by atoms with Crippen LogP contribution in [0.25, 0.3) is 5.69 Å². The summed E-state index contributed by atoms with van der Waals surface area (Å²) in [6.07, 6.45) is 1.96. The van der Waals surface area contributed by atoms with Gasteiger partial charge < -0.3 is 9.64 Å². The zero-order valence-corrected chi connectivity index (χ0v) is 17.0. The highest BCUT2D eigenvalue weighted by Crippen LogP contribution is 2.44. The molecular weight excluding hydrogens is 425 g/mol. The second kappa shape index (κ2) is 7.57. The molecule has 1 aliphatic carbocycles. The van der Waals surface area contributed by atoms with Gasteiger partial charge in [0, 0.05) is 24.5 Å². The lowest BCUT2D eigenvalue weighted by Crippen LogP contribution is -2.51. The fourth-order valence-electron chi connectivity index (χ4n) is 4.65. The van der Waals surface area contributed by atoms with Crippen molar-refractivity contribution in [2.24, 2.45) is 5.92 Å². The number of likely N-dealkylation sites (tertiary alicyclic amines) is 1. The zero-order valence-electron chi connectivity index (χ0n) is 17.0. The summed E-state index contributed by atoms with van der Waals surface area (Å²) >= 11 is 0. The van der Waals surface area contributed by atoms with Gasteiger partial charge in [0.15, 0.2) is 5.69 Å². The molecule has 32 heavy (non-hydrogen) atoms. The highest BCUT2D eigenvalue weighted by molar-refractivity contribution is 5.96. The van der Waals surface area contributed by atoms with E-state index in [0.29, 0.717) is 12.1 Å². The van der Waals surface area contributed by atoms with Gasteiger partial charge in [0.05, 0.1) is 24.0 Å². The van der Waals surface area contributed by atoms with Crippen molar-refractivity contribution < 1.29 is 22.7 Å². The molecule has 3 aromatic rings. The molecule has 8 nitrogen and oxygen atoms in total. The second-order valence-corrected chi connectivity index (χ2v) is 7.98. The number of nitrogens with zero attached hydrogens (tertiary/aromatic N) is 6. The molecule has 3 aromatic heterocycles. The molecule has 1 amide bonds. The summed E-state index contributed by atoms with van der Waals surface area (Å²) in [7, 11) is 0. The quantitative estimate of drug-likeness (QED) is 0.615. The lowest BCUT2D eigenvalue weighted by Gasteiger charge is -2.37. The summed E-state index contributed by atoms with van der Waals surface area (Å²) in [5, 5.41) is 8.20. The molecule has 2 bridgehead atoms. The van der Waals surface area contributed by atoms with Gasteiger partial charge in [-0.25, -0.2) is 9.97 Å². The van der Waals surface area contributed by atoms with E-state index in [4.69, 9.17) is 4.74 Å². The minimum Gasteiger partial charge on any atom is -0.472 e. The normalized spacial score (nSPS) is 24.7. The molecule has 4 atom stereocenters. The van der Waals surface area contributed by atoms with E-state index in [1.807, 2.05) is 6.92 Å². The average molecular weight is 444 g/mol. The van der Waals surface area contributed by atoms with Gasteiger partial charge in [0.2, 0.25) is 5.88 Å². The summed E-state index contributed by atoms with van der Waals surface area (Å²) in [6, 6.07) is 5.33. The van der Waals surface area contributed by atoms with Crippen molar-refractivity contribution in [1.29, 1.82) is 0 Å². The van der Waals surface area contributed by atoms with Crippen molar-refractivity contribution in [3.8, 4) is 11.6 Å². The van der Waals surface area contributed by atoms with E-state index in [9.17, 15) is 18.0 Å². The Kier molecular flexibility index (Phi) is 4.83. The van der Waals surface area contributed by atoms with Crippen molar-refractivity contribution >= 4 is 5.91 Å². The van der Waals surface area contributed by atoms with Crippen LogP contribution in [-0.4, -0.2) is 54.0 Å². The van der Waals surface area contributed by atoms with Crippen LogP contribution in [0.15, 0.2) is 49.1 Å². The Labute approximate surface area is 181 Å². The number of piperidine rings is 1. The first-order chi connectivity index (χ1) is 15.3. The molecule has 4 heterocycles. The van der Waals surface area contributed by atoms with Crippen molar-refractivity contribution in [3.63, 3.8) is 0 Å². The number of alkyl halides is 3. The third-order valence-corrected chi connectivity index (χ3v) is 6.18. The molecule has 0 spiro atoms. The number of fused-ring (bicyclic) bond motifs is 2. The largest absolute Gasteiger partial charge is 0.472 e. The third kappa shape index (κ3) is 3.47. The molecule has 2 aliphatic rings. The van der Waals surface area contributed by atoms with E-state index in [2.05, 4.69) is 20.2 Å². The molecule has 1 saturated heterocycles. The number of amides is 1. The first-order valence-electron chi connectivity index (χ1n) is 10.2.